The van der Waals surface area contributed by atoms with Gasteiger partial charge in [0, 0.05) is 42.9 Å². The first kappa shape index (κ1) is 25.0. The molecule has 0 saturated carbocycles. The van der Waals surface area contributed by atoms with Crippen LogP contribution in [0.2, 0.25) is 0 Å². The van der Waals surface area contributed by atoms with Gasteiger partial charge in [-0.2, -0.15) is 0 Å². The van der Waals surface area contributed by atoms with Crippen LogP contribution < -0.4 is 10.5 Å². The summed E-state index contributed by atoms with van der Waals surface area (Å²) >= 11 is 0. The number of aryl methyl sites for hydroxylation is 2. The highest BCUT2D eigenvalue weighted by Gasteiger charge is 2.33. The number of tetrazole rings is 1. The normalized spacial score (nSPS) is 15.1. The second-order valence-corrected chi connectivity index (χ2v) is 10.5. The Morgan fingerprint density at radius 1 is 0.897 bits per heavy atom. The van der Waals surface area contributed by atoms with Crippen LogP contribution in [0.1, 0.15) is 39.7 Å². The lowest BCUT2D eigenvalue weighted by Crippen LogP contribution is -2.49. The summed E-state index contributed by atoms with van der Waals surface area (Å²) < 4.78 is 1.83. The number of nitrogens with zero attached hydrogens (tertiary/aromatic N) is 6. The number of aromatic nitrogens is 5. The number of hydrogen-bond acceptors (Lipinski definition) is 6. The fourth-order valence-electron chi connectivity index (χ4n) is 5.62. The average Bonchev–Trinajstić information content (AvgIpc) is 3.39. The molecule has 5 aromatic rings. The van der Waals surface area contributed by atoms with Crippen LogP contribution in [0.25, 0.3) is 10.9 Å². The number of benzene rings is 3. The highest BCUT2D eigenvalue weighted by molar-refractivity contribution is 5.79. The average molecular weight is 520 g/mol. The van der Waals surface area contributed by atoms with Gasteiger partial charge in [-0.3, -0.25) is 9.69 Å². The summed E-state index contributed by atoms with van der Waals surface area (Å²) in [5.41, 5.74) is 7.53. The second kappa shape index (κ2) is 10.5. The van der Waals surface area contributed by atoms with Gasteiger partial charge in [-0.25, -0.2) is 4.68 Å². The lowest BCUT2D eigenvalue weighted by molar-refractivity contribution is 0.200. The van der Waals surface area contributed by atoms with Crippen molar-refractivity contribution in [2.24, 2.45) is 0 Å². The summed E-state index contributed by atoms with van der Waals surface area (Å²) in [7, 11) is 0. The molecule has 1 aliphatic rings. The standard InChI is InChI=1S/C31H33N7O/c1-21-12-13-27-25(18-21)19-26(31(39)32-27)29(30-33-34-35-38(30)20-24-9-5-4-6-10-24)37-16-14-36(15-17-37)28-11-7-8-22(2)23(28)3/h4-13,18-19,29H,14-17,20H2,1-3H3,(H,32,39)/t29-/m1/s1. The van der Waals surface area contributed by atoms with Crippen molar-refractivity contribution in [1.82, 2.24) is 30.1 Å². The Hall–Kier alpha value is -4.30. The van der Waals surface area contributed by atoms with Gasteiger partial charge in [0.15, 0.2) is 5.82 Å². The van der Waals surface area contributed by atoms with Crippen molar-refractivity contribution in [3.05, 3.63) is 117 Å². The van der Waals surface area contributed by atoms with E-state index in [9.17, 15) is 4.79 Å². The molecule has 6 rings (SSSR count). The third-order valence-corrected chi connectivity index (χ3v) is 7.90. The molecule has 0 radical (unpaired) electrons. The minimum Gasteiger partial charge on any atom is -0.369 e. The van der Waals surface area contributed by atoms with Crippen LogP contribution in [0.5, 0.6) is 0 Å². The molecule has 0 bridgehead atoms. The number of pyridine rings is 1. The summed E-state index contributed by atoms with van der Waals surface area (Å²) in [4.78, 5) is 21.5. The minimum atomic E-state index is -0.377. The van der Waals surface area contributed by atoms with E-state index in [1.54, 1.807) is 0 Å². The van der Waals surface area contributed by atoms with E-state index >= 15 is 0 Å². The molecule has 1 aliphatic heterocycles. The largest absolute Gasteiger partial charge is 0.369 e. The van der Waals surface area contributed by atoms with Crippen LogP contribution in [-0.4, -0.2) is 56.3 Å². The van der Waals surface area contributed by atoms with Gasteiger partial charge < -0.3 is 9.88 Å². The van der Waals surface area contributed by atoms with Gasteiger partial charge in [-0.15, -0.1) is 5.10 Å². The SMILES string of the molecule is Cc1ccc2[nH]c(=O)c([C@H](c3nnnn3Cc3ccccc3)N3CCN(c4cccc(C)c4C)CC3)cc2c1. The van der Waals surface area contributed by atoms with Crippen molar-refractivity contribution >= 4 is 16.6 Å². The zero-order chi connectivity index (χ0) is 26.9. The topological polar surface area (TPSA) is 82.9 Å². The maximum atomic E-state index is 13.6. The molecule has 8 nitrogen and oxygen atoms in total. The zero-order valence-electron chi connectivity index (χ0n) is 22.6. The molecule has 0 aliphatic carbocycles. The fourth-order valence-corrected chi connectivity index (χ4v) is 5.62. The predicted molar refractivity (Wildman–Crippen MR) is 154 cm³/mol. The molecular formula is C31H33N7O. The van der Waals surface area contributed by atoms with Crippen molar-refractivity contribution in [1.29, 1.82) is 0 Å². The number of nitrogens with one attached hydrogen (secondary N) is 1. The number of hydrogen-bond donors (Lipinski definition) is 1. The summed E-state index contributed by atoms with van der Waals surface area (Å²) in [5, 5.41) is 13.9. The van der Waals surface area contributed by atoms with E-state index in [0.717, 1.165) is 48.2 Å². The molecule has 1 N–H and O–H groups in total. The van der Waals surface area contributed by atoms with E-state index in [4.69, 9.17) is 0 Å². The van der Waals surface area contributed by atoms with Crippen LogP contribution in [0.15, 0.2) is 77.6 Å². The van der Waals surface area contributed by atoms with Crippen molar-refractivity contribution < 1.29 is 0 Å². The van der Waals surface area contributed by atoms with Crippen LogP contribution in [0.4, 0.5) is 5.69 Å². The molecule has 0 amide bonds. The highest BCUT2D eigenvalue weighted by atomic mass is 16.1. The zero-order valence-corrected chi connectivity index (χ0v) is 22.6. The van der Waals surface area contributed by atoms with Crippen molar-refractivity contribution in [3.63, 3.8) is 0 Å². The molecule has 1 atom stereocenters. The molecule has 39 heavy (non-hydrogen) atoms. The number of aromatic amines is 1. The van der Waals surface area contributed by atoms with Crippen molar-refractivity contribution in [2.45, 2.75) is 33.4 Å². The molecule has 8 heteroatoms. The minimum absolute atomic E-state index is 0.109. The molecule has 198 valence electrons. The van der Waals surface area contributed by atoms with Crippen LogP contribution >= 0.6 is 0 Å². The first-order valence-corrected chi connectivity index (χ1v) is 13.5. The maximum Gasteiger partial charge on any atom is 0.253 e. The van der Waals surface area contributed by atoms with Crippen molar-refractivity contribution in [2.75, 3.05) is 31.1 Å². The smallest absolute Gasteiger partial charge is 0.253 e. The van der Waals surface area contributed by atoms with Gasteiger partial charge in [0.25, 0.3) is 5.56 Å². The van der Waals surface area contributed by atoms with E-state index in [1.807, 2.05) is 41.1 Å². The van der Waals surface area contributed by atoms with Gasteiger partial charge in [0.1, 0.15) is 6.04 Å². The molecule has 2 aromatic heterocycles. The monoisotopic (exact) mass is 519 g/mol. The number of fused-ring (bicyclic) bond motifs is 1. The Bertz CT molecular complexity index is 1670. The van der Waals surface area contributed by atoms with E-state index < -0.39 is 0 Å². The van der Waals surface area contributed by atoms with Crippen LogP contribution in [0.3, 0.4) is 0 Å². The van der Waals surface area contributed by atoms with Gasteiger partial charge in [-0.1, -0.05) is 54.1 Å². The molecule has 3 heterocycles. The quantitative estimate of drug-likeness (QED) is 0.358. The van der Waals surface area contributed by atoms with Gasteiger partial charge >= 0.3 is 0 Å². The van der Waals surface area contributed by atoms with Gasteiger partial charge in [0.05, 0.1) is 6.54 Å². The highest BCUT2D eigenvalue weighted by Crippen LogP contribution is 2.30. The van der Waals surface area contributed by atoms with E-state index in [0.29, 0.717) is 17.9 Å². The number of H-pyrrole nitrogens is 1. The number of anilines is 1. The number of piperazine rings is 1. The Labute approximate surface area is 227 Å². The number of rotatable bonds is 6. The third kappa shape index (κ3) is 4.95. The molecular weight excluding hydrogens is 486 g/mol. The molecule has 0 unspecified atom stereocenters. The molecule has 1 fully saturated rings. The van der Waals surface area contributed by atoms with E-state index in [-0.39, 0.29) is 11.6 Å². The Kier molecular flexibility index (Phi) is 6.70. The Balaban J connectivity index is 1.39. The Morgan fingerprint density at radius 2 is 1.69 bits per heavy atom. The molecule has 1 saturated heterocycles. The first-order chi connectivity index (χ1) is 19.0. The Morgan fingerprint density at radius 3 is 2.49 bits per heavy atom. The van der Waals surface area contributed by atoms with Gasteiger partial charge in [0.2, 0.25) is 0 Å². The van der Waals surface area contributed by atoms with Crippen molar-refractivity contribution in [3.8, 4) is 0 Å². The predicted octanol–water partition coefficient (Wildman–Crippen LogP) is 4.40. The van der Waals surface area contributed by atoms with Crippen LogP contribution in [0, 0.1) is 20.8 Å². The summed E-state index contributed by atoms with van der Waals surface area (Å²) in [6, 6.07) is 24.4. The summed E-state index contributed by atoms with van der Waals surface area (Å²) in [5.74, 6) is 0.677. The summed E-state index contributed by atoms with van der Waals surface area (Å²) in [6.45, 7) is 10.2. The first-order valence-electron chi connectivity index (χ1n) is 13.5. The van der Waals surface area contributed by atoms with E-state index in [2.05, 4.69) is 87.5 Å². The fraction of sp³-hybridized carbons (Fsp3) is 0.290. The lowest BCUT2D eigenvalue weighted by atomic mass is 10.0. The second-order valence-electron chi connectivity index (χ2n) is 10.5. The van der Waals surface area contributed by atoms with Crippen LogP contribution in [-0.2, 0) is 6.54 Å². The molecule has 0 spiro atoms. The summed E-state index contributed by atoms with van der Waals surface area (Å²) in [6.07, 6.45) is 0. The molecule has 3 aromatic carbocycles. The van der Waals surface area contributed by atoms with E-state index in [1.165, 1.54) is 16.8 Å². The lowest BCUT2D eigenvalue weighted by Gasteiger charge is -2.40. The van der Waals surface area contributed by atoms with Gasteiger partial charge in [-0.05, 0) is 77.5 Å². The third-order valence-electron chi connectivity index (χ3n) is 7.90. The maximum absolute atomic E-state index is 13.6.